The fourth-order valence-electron chi connectivity index (χ4n) is 3.09. The van der Waals surface area contributed by atoms with E-state index in [1.807, 2.05) is 24.4 Å². The molecular weight excluding hydrogens is 336 g/mol. The Hall–Kier alpha value is -2.30. The molecule has 0 bridgehead atoms. The van der Waals surface area contributed by atoms with E-state index in [0.29, 0.717) is 24.0 Å². The maximum Gasteiger partial charge on any atom is 0.179 e. The molecule has 4 rings (SSSR count). The number of fused-ring (bicyclic) bond motifs is 2. The summed E-state index contributed by atoms with van der Waals surface area (Å²) in [4.78, 5) is 4.50. The van der Waals surface area contributed by atoms with E-state index in [9.17, 15) is 0 Å². The van der Waals surface area contributed by atoms with Crippen LogP contribution >= 0.6 is 11.6 Å². The smallest absolute Gasteiger partial charge is 0.179 e. The standard InChI is InChI=1S/C20H19ClN2O2/c21-17-11-14(12-18-20(17)25-10-9-24-18)13-22-8-6-16-4-1-3-15-5-2-7-23-19(15)16/h1-5,7,11-12,22H,6,8-10,13H2. The highest BCUT2D eigenvalue weighted by molar-refractivity contribution is 6.32. The summed E-state index contributed by atoms with van der Waals surface area (Å²) in [7, 11) is 0. The Morgan fingerprint density at radius 2 is 1.96 bits per heavy atom. The molecule has 5 heteroatoms. The highest BCUT2D eigenvalue weighted by Gasteiger charge is 2.16. The van der Waals surface area contributed by atoms with Crippen LogP contribution in [0.4, 0.5) is 0 Å². The minimum atomic E-state index is 0.545. The van der Waals surface area contributed by atoms with Crippen LogP contribution in [0.5, 0.6) is 11.5 Å². The van der Waals surface area contributed by atoms with Gasteiger partial charge in [-0.15, -0.1) is 0 Å². The van der Waals surface area contributed by atoms with Crippen LogP contribution in [-0.2, 0) is 13.0 Å². The molecule has 0 saturated carbocycles. The lowest BCUT2D eigenvalue weighted by atomic mass is 10.1. The van der Waals surface area contributed by atoms with E-state index >= 15 is 0 Å². The Labute approximate surface area is 151 Å². The fraction of sp³-hybridized carbons (Fsp3) is 0.250. The van der Waals surface area contributed by atoms with Crippen LogP contribution in [0.15, 0.2) is 48.7 Å². The Kier molecular flexibility index (Phi) is 4.72. The molecule has 1 aliphatic heterocycles. The first-order valence-corrected chi connectivity index (χ1v) is 8.80. The van der Waals surface area contributed by atoms with Crippen molar-refractivity contribution in [3.63, 3.8) is 0 Å². The van der Waals surface area contributed by atoms with Gasteiger partial charge in [-0.3, -0.25) is 4.98 Å². The molecule has 25 heavy (non-hydrogen) atoms. The van der Waals surface area contributed by atoms with Crippen LogP contribution < -0.4 is 14.8 Å². The van der Waals surface area contributed by atoms with E-state index in [1.54, 1.807) is 0 Å². The average molecular weight is 355 g/mol. The van der Waals surface area contributed by atoms with Gasteiger partial charge >= 0.3 is 0 Å². The molecule has 0 fully saturated rings. The number of hydrogen-bond donors (Lipinski definition) is 1. The largest absolute Gasteiger partial charge is 0.486 e. The van der Waals surface area contributed by atoms with Crippen LogP contribution in [-0.4, -0.2) is 24.7 Å². The van der Waals surface area contributed by atoms with Crippen molar-refractivity contribution in [2.75, 3.05) is 19.8 Å². The van der Waals surface area contributed by atoms with Gasteiger partial charge in [0, 0.05) is 18.1 Å². The van der Waals surface area contributed by atoms with Gasteiger partial charge in [-0.1, -0.05) is 35.9 Å². The second-order valence-electron chi connectivity index (χ2n) is 6.02. The quantitative estimate of drug-likeness (QED) is 0.703. The Morgan fingerprint density at radius 1 is 1.08 bits per heavy atom. The second kappa shape index (κ2) is 7.30. The summed E-state index contributed by atoms with van der Waals surface area (Å²) < 4.78 is 11.2. The third-order valence-electron chi connectivity index (χ3n) is 4.27. The minimum Gasteiger partial charge on any atom is -0.486 e. The van der Waals surface area contributed by atoms with Gasteiger partial charge in [-0.2, -0.15) is 0 Å². The van der Waals surface area contributed by atoms with Crippen LogP contribution in [0.3, 0.4) is 0 Å². The lowest BCUT2D eigenvalue weighted by molar-refractivity contribution is 0.171. The van der Waals surface area contributed by atoms with E-state index in [0.717, 1.165) is 36.3 Å². The zero-order valence-electron chi connectivity index (χ0n) is 13.8. The number of ether oxygens (including phenoxy) is 2. The molecule has 0 spiro atoms. The van der Waals surface area contributed by atoms with Crippen molar-refractivity contribution in [2.45, 2.75) is 13.0 Å². The SMILES string of the molecule is Clc1cc(CNCCc2cccc3cccnc23)cc2c1OCCO2. The van der Waals surface area contributed by atoms with Crippen molar-refractivity contribution < 1.29 is 9.47 Å². The maximum atomic E-state index is 6.28. The predicted molar refractivity (Wildman–Crippen MR) is 99.6 cm³/mol. The van der Waals surface area contributed by atoms with Gasteiger partial charge in [0.15, 0.2) is 11.5 Å². The molecule has 3 aromatic rings. The van der Waals surface area contributed by atoms with Gasteiger partial charge in [0.05, 0.1) is 10.5 Å². The number of para-hydroxylation sites is 1. The predicted octanol–water partition coefficient (Wildman–Crippen LogP) is 3.99. The number of rotatable bonds is 5. The summed E-state index contributed by atoms with van der Waals surface area (Å²) in [6, 6.07) is 14.3. The van der Waals surface area contributed by atoms with Gasteiger partial charge in [0.2, 0.25) is 0 Å². The average Bonchev–Trinajstić information content (AvgIpc) is 2.65. The minimum absolute atomic E-state index is 0.545. The van der Waals surface area contributed by atoms with Gasteiger partial charge in [-0.05, 0) is 42.3 Å². The summed E-state index contributed by atoms with van der Waals surface area (Å²) in [5, 5.41) is 5.25. The molecule has 128 valence electrons. The van der Waals surface area contributed by atoms with Crippen molar-refractivity contribution in [3.05, 3.63) is 64.8 Å². The molecule has 1 N–H and O–H groups in total. The summed E-state index contributed by atoms with van der Waals surface area (Å²) in [5.41, 5.74) is 3.42. The Bertz CT molecular complexity index is 893. The van der Waals surface area contributed by atoms with E-state index in [2.05, 4.69) is 34.6 Å². The Morgan fingerprint density at radius 3 is 2.92 bits per heavy atom. The van der Waals surface area contributed by atoms with Crippen molar-refractivity contribution in [2.24, 2.45) is 0 Å². The zero-order chi connectivity index (χ0) is 17.1. The third kappa shape index (κ3) is 3.55. The molecule has 0 saturated heterocycles. The van der Waals surface area contributed by atoms with Gasteiger partial charge in [0.25, 0.3) is 0 Å². The molecule has 1 aliphatic rings. The molecule has 0 atom stereocenters. The second-order valence-corrected chi connectivity index (χ2v) is 6.43. The van der Waals surface area contributed by atoms with E-state index in [-0.39, 0.29) is 0 Å². The Balaban J connectivity index is 1.39. The number of pyridine rings is 1. The van der Waals surface area contributed by atoms with Crippen molar-refractivity contribution in [1.82, 2.24) is 10.3 Å². The molecular formula is C20H19ClN2O2. The van der Waals surface area contributed by atoms with Crippen LogP contribution in [0, 0.1) is 0 Å². The first-order valence-electron chi connectivity index (χ1n) is 8.42. The normalized spacial score (nSPS) is 13.2. The number of halogens is 1. The maximum absolute atomic E-state index is 6.28. The summed E-state index contributed by atoms with van der Waals surface area (Å²) in [6.07, 6.45) is 2.77. The molecule has 0 radical (unpaired) electrons. The molecule has 0 amide bonds. The lowest BCUT2D eigenvalue weighted by Gasteiger charge is -2.20. The zero-order valence-corrected chi connectivity index (χ0v) is 14.6. The number of hydrogen-bond acceptors (Lipinski definition) is 4. The third-order valence-corrected chi connectivity index (χ3v) is 4.55. The molecule has 2 aromatic carbocycles. The monoisotopic (exact) mass is 354 g/mol. The van der Waals surface area contributed by atoms with Crippen molar-refractivity contribution in [3.8, 4) is 11.5 Å². The number of nitrogens with zero attached hydrogens (tertiary/aromatic N) is 1. The topological polar surface area (TPSA) is 43.4 Å². The van der Waals surface area contributed by atoms with Crippen LogP contribution in [0.2, 0.25) is 5.02 Å². The fourth-order valence-corrected chi connectivity index (χ4v) is 3.38. The van der Waals surface area contributed by atoms with Crippen LogP contribution in [0.1, 0.15) is 11.1 Å². The first kappa shape index (κ1) is 16.2. The van der Waals surface area contributed by atoms with Crippen LogP contribution in [0.25, 0.3) is 10.9 Å². The number of benzene rings is 2. The lowest BCUT2D eigenvalue weighted by Crippen LogP contribution is -2.18. The molecule has 2 heterocycles. The molecule has 0 aliphatic carbocycles. The molecule has 0 unspecified atom stereocenters. The van der Waals surface area contributed by atoms with Crippen molar-refractivity contribution in [1.29, 1.82) is 0 Å². The van der Waals surface area contributed by atoms with E-state index < -0.39 is 0 Å². The number of aromatic nitrogens is 1. The summed E-state index contributed by atoms with van der Waals surface area (Å²) in [6.45, 7) is 2.70. The molecule has 1 aromatic heterocycles. The first-order chi connectivity index (χ1) is 12.3. The number of nitrogens with one attached hydrogen (secondary N) is 1. The van der Waals surface area contributed by atoms with E-state index in [1.165, 1.54) is 10.9 Å². The van der Waals surface area contributed by atoms with Gasteiger partial charge < -0.3 is 14.8 Å². The summed E-state index contributed by atoms with van der Waals surface area (Å²) >= 11 is 6.28. The highest BCUT2D eigenvalue weighted by Crippen LogP contribution is 2.38. The molecule has 4 nitrogen and oxygen atoms in total. The van der Waals surface area contributed by atoms with Gasteiger partial charge in [-0.25, -0.2) is 0 Å². The van der Waals surface area contributed by atoms with E-state index in [4.69, 9.17) is 21.1 Å². The van der Waals surface area contributed by atoms with Crippen molar-refractivity contribution >= 4 is 22.5 Å². The highest BCUT2D eigenvalue weighted by atomic mass is 35.5. The van der Waals surface area contributed by atoms with Gasteiger partial charge in [0.1, 0.15) is 13.2 Å². The summed E-state index contributed by atoms with van der Waals surface area (Å²) in [5.74, 6) is 1.38.